The van der Waals surface area contributed by atoms with Gasteiger partial charge in [0.25, 0.3) is 0 Å². The third-order valence-electron chi connectivity index (χ3n) is 10.7. The lowest BCUT2D eigenvalue weighted by Crippen LogP contribution is -2.30. The third-order valence-corrected chi connectivity index (χ3v) is 10.7. The van der Waals surface area contributed by atoms with E-state index in [2.05, 4.69) is 41.6 Å². The van der Waals surface area contributed by atoms with Crippen molar-refractivity contribution in [2.24, 2.45) is 29.6 Å². The van der Waals surface area contributed by atoms with Crippen molar-refractivity contribution in [3.05, 3.63) is 82.7 Å². The Bertz CT molecular complexity index is 1590. The molecule has 2 aromatic carbocycles. The number of hydrogen-bond acceptors (Lipinski definition) is 8. The molecule has 50 heavy (non-hydrogen) atoms. The lowest BCUT2D eigenvalue weighted by Gasteiger charge is -2.29. The Morgan fingerprint density at radius 1 is 1.06 bits per heavy atom. The molecule has 0 aromatic heterocycles. The van der Waals surface area contributed by atoms with Crippen LogP contribution < -0.4 is 15.4 Å². The van der Waals surface area contributed by atoms with Crippen molar-refractivity contribution in [1.82, 2.24) is 10.6 Å². The van der Waals surface area contributed by atoms with Crippen molar-refractivity contribution in [2.45, 2.75) is 77.0 Å². The molecule has 6 unspecified atom stereocenters. The molecule has 1 fully saturated rings. The van der Waals surface area contributed by atoms with E-state index in [4.69, 9.17) is 4.74 Å². The first-order chi connectivity index (χ1) is 24.3. The number of aryl methyl sites for hydroxylation is 1. The van der Waals surface area contributed by atoms with Crippen molar-refractivity contribution in [3.63, 3.8) is 0 Å². The van der Waals surface area contributed by atoms with Crippen molar-refractivity contribution >= 4 is 11.6 Å². The molecule has 0 radical (unpaired) electrons. The van der Waals surface area contributed by atoms with E-state index < -0.39 is 5.92 Å². The summed E-state index contributed by atoms with van der Waals surface area (Å²) in [6, 6.07) is 13.5. The maximum Gasteiger partial charge on any atom is 0.160 e. The van der Waals surface area contributed by atoms with Gasteiger partial charge in [0.1, 0.15) is 11.6 Å². The first kappa shape index (κ1) is 37.2. The highest BCUT2D eigenvalue weighted by molar-refractivity contribution is 6.00. The molecule has 3 aliphatic rings. The average molecular weight is 683 g/mol. The van der Waals surface area contributed by atoms with Crippen LogP contribution in [0.2, 0.25) is 0 Å². The van der Waals surface area contributed by atoms with Gasteiger partial charge in [-0.3, -0.25) is 9.59 Å². The maximum atomic E-state index is 14.2. The SMILES string of the molecule is CCCC(CO)C1CC(CC2=CCNC(NCCCO)=C2)CC2C#CC(c3ccccc3)c3cc(O)c(OC)cc3CCC(=O)CC(=O)C2C1. The van der Waals surface area contributed by atoms with E-state index in [0.717, 1.165) is 48.2 Å². The van der Waals surface area contributed by atoms with E-state index in [9.17, 15) is 24.9 Å². The number of aliphatic hydroxyl groups is 2. The molecule has 0 amide bonds. The quantitative estimate of drug-likeness (QED) is 0.108. The number of aromatic hydroxyl groups is 1. The van der Waals surface area contributed by atoms with Gasteiger partial charge in [-0.05, 0) is 103 Å². The monoisotopic (exact) mass is 682 g/mol. The predicted octanol–water partition coefficient (Wildman–Crippen LogP) is 5.80. The molecular formula is C42H54N2O6. The normalized spacial score (nSPS) is 24.7. The van der Waals surface area contributed by atoms with Gasteiger partial charge < -0.3 is 30.7 Å². The molecular weight excluding hydrogens is 628 g/mol. The van der Waals surface area contributed by atoms with Crippen LogP contribution in [0.1, 0.15) is 87.3 Å². The molecule has 1 aliphatic heterocycles. The van der Waals surface area contributed by atoms with Crippen molar-refractivity contribution in [3.8, 4) is 23.3 Å². The minimum atomic E-state index is -0.403. The van der Waals surface area contributed by atoms with E-state index in [0.29, 0.717) is 44.5 Å². The summed E-state index contributed by atoms with van der Waals surface area (Å²) in [7, 11) is 1.51. The molecule has 8 heteroatoms. The van der Waals surface area contributed by atoms with Crippen LogP contribution in [0.3, 0.4) is 0 Å². The first-order valence-corrected chi connectivity index (χ1v) is 18.4. The van der Waals surface area contributed by atoms with Gasteiger partial charge in [-0.1, -0.05) is 61.6 Å². The van der Waals surface area contributed by atoms with Crippen molar-refractivity contribution < 1.29 is 29.6 Å². The molecule has 8 nitrogen and oxygen atoms in total. The number of rotatable bonds is 12. The van der Waals surface area contributed by atoms with Gasteiger partial charge in [-0.2, -0.15) is 0 Å². The molecule has 1 saturated carbocycles. The van der Waals surface area contributed by atoms with E-state index in [1.807, 2.05) is 30.3 Å². The molecule has 2 aliphatic carbocycles. The number of fused-ring (bicyclic) bond motifs is 2. The number of carbonyl (C=O) groups excluding carboxylic acids is 2. The molecule has 6 atom stereocenters. The van der Waals surface area contributed by atoms with Crippen molar-refractivity contribution in [2.75, 3.05) is 33.4 Å². The number of dihydropyridines is 1. The van der Waals surface area contributed by atoms with Crippen LogP contribution in [0.15, 0.2) is 66.0 Å². The van der Waals surface area contributed by atoms with Crippen LogP contribution in [-0.4, -0.2) is 60.3 Å². The number of ether oxygens (including phenoxy) is 1. The number of hydrogen-bond donors (Lipinski definition) is 5. The van der Waals surface area contributed by atoms with E-state index in [1.165, 1.54) is 12.7 Å². The van der Waals surface area contributed by atoms with Crippen LogP contribution in [0.4, 0.5) is 0 Å². The molecule has 1 heterocycles. The molecule has 0 saturated heterocycles. The summed E-state index contributed by atoms with van der Waals surface area (Å²) in [4.78, 5) is 27.7. The van der Waals surface area contributed by atoms with Crippen LogP contribution in [0, 0.1) is 41.4 Å². The minimum absolute atomic E-state index is 0.0253. The number of Topliss-reactive ketones (excluding diaryl/α,β-unsaturated/α-hetero) is 2. The number of phenols is 1. The Kier molecular flexibility index (Phi) is 13.6. The number of nitrogens with one attached hydrogen (secondary N) is 2. The van der Waals surface area contributed by atoms with Crippen molar-refractivity contribution in [1.29, 1.82) is 0 Å². The Hall–Kier alpha value is -4.06. The minimum Gasteiger partial charge on any atom is -0.504 e. The van der Waals surface area contributed by atoms with Gasteiger partial charge in [0.2, 0.25) is 0 Å². The summed E-state index contributed by atoms with van der Waals surface area (Å²) >= 11 is 0. The summed E-state index contributed by atoms with van der Waals surface area (Å²) in [6.07, 6.45) is 10.4. The smallest absolute Gasteiger partial charge is 0.160 e. The summed E-state index contributed by atoms with van der Waals surface area (Å²) in [5.74, 6) is 7.85. The first-order valence-electron chi connectivity index (χ1n) is 18.4. The number of allylic oxidation sites excluding steroid dienone is 2. The molecule has 2 aromatic rings. The number of methoxy groups -OCH3 is 1. The second-order valence-corrected chi connectivity index (χ2v) is 14.2. The molecule has 5 rings (SSSR count). The Morgan fingerprint density at radius 3 is 2.62 bits per heavy atom. The molecule has 268 valence electrons. The molecule has 0 bridgehead atoms. The van der Waals surface area contributed by atoms with E-state index >= 15 is 0 Å². The second kappa shape index (κ2) is 18.3. The summed E-state index contributed by atoms with van der Waals surface area (Å²) in [5.41, 5.74) is 3.92. The van der Waals surface area contributed by atoms with Gasteiger partial charge in [0.05, 0.1) is 25.3 Å². The number of phenolic OH excluding ortho intramolecular Hbond substituents is 1. The lowest BCUT2D eigenvalue weighted by molar-refractivity contribution is -0.130. The number of carbonyl (C=O) groups is 2. The van der Waals surface area contributed by atoms with E-state index in [-0.39, 0.29) is 73.0 Å². The summed E-state index contributed by atoms with van der Waals surface area (Å²) in [5, 5.41) is 37.5. The molecule has 0 spiro atoms. The van der Waals surface area contributed by atoms with Crippen LogP contribution in [0.25, 0.3) is 0 Å². The van der Waals surface area contributed by atoms with Crippen LogP contribution >= 0.6 is 0 Å². The van der Waals surface area contributed by atoms with Gasteiger partial charge in [0.15, 0.2) is 11.5 Å². The second-order valence-electron chi connectivity index (χ2n) is 14.2. The third kappa shape index (κ3) is 9.58. The zero-order chi connectivity index (χ0) is 35.5. The predicted molar refractivity (Wildman–Crippen MR) is 195 cm³/mol. The zero-order valence-corrected chi connectivity index (χ0v) is 29.6. The highest BCUT2D eigenvalue weighted by atomic mass is 16.5. The summed E-state index contributed by atoms with van der Waals surface area (Å²) in [6.45, 7) is 3.74. The fourth-order valence-electron chi connectivity index (χ4n) is 8.17. The number of ketones is 2. The number of aliphatic hydroxyl groups excluding tert-OH is 2. The van der Waals surface area contributed by atoms with E-state index in [1.54, 1.807) is 12.1 Å². The van der Waals surface area contributed by atoms with Crippen LogP contribution in [-0.2, 0) is 16.0 Å². The maximum absolute atomic E-state index is 14.2. The van der Waals surface area contributed by atoms with Gasteiger partial charge in [-0.25, -0.2) is 0 Å². The highest BCUT2D eigenvalue weighted by Gasteiger charge is 2.39. The fourth-order valence-corrected chi connectivity index (χ4v) is 8.17. The summed E-state index contributed by atoms with van der Waals surface area (Å²) < 4.78 is 5.44. The molecule has 5 N–H and O–H groups in total. The van der Waals surface area contributed by atoms with Gasteiger partial charge >= 0.3 is 0 Å². The van der Waals surface area contributed by atoms with Crippen LogP contribution in [0.5, 0.6) is 11.5 Å². The number of benzene rings is 2. The van der Waals surface area contributed by atoms with Gasteiger partial charge in [-0.15, -0.1) is 0 Å². The average Bonchev–Trinajstić information content (AvgIpc) is 3.29. The fraction of sp³-hybridized carbons (Fsp3) is 0.524. The van der Waals surface area contributed by atoms with Gasteiger partial charge in [0, 0.05) is 44.6 Å². The largest absolute Gasteiger partial charge is 0.504 e. The zero-order valence-electron chi connectivity index (χ0n) is 29.6. The Balaban J connectivity index is 1.58. The topological polar surface area (TPSA) is 128 Å². The standard InChI is InChI=1S/C42H54N2O6/c1-3-8-33(27-46)34-21-29(19-28-15-17-44-42(22-28)43-16-7-18-45)20-31-12-14-36(30-9-5-4-6-10-30)37-26-40(49)41(50-2)24-32(37)11-13-35(47)25-39(48)38(31)23-34/h4-6,9-10,15,22,24,26,29,31,33-34,36,38,43-46,49H,3,7-8,11,13,16-21,23,25,27H2,1-2H3. The highest BCUT2D eigenvalue weighted by Crippen LogP contribution is 2.44. The Morgan fingerprint density at radius 2 is 1.88 bits per heavy atom. The lowest BCUT2D eigenvalue weighted by atomic mass is 9.76. The Labute approximate surface area is 297 Å².